The van der Waals surface area contributed by atoms with Crippen molar-refractivity contribution in [3.8, 4) is 0 Å². The summed E-state index contributed by atoms with van der Waals surface area (Å²) in [7, 11) is 1.29. The van der Waals surface area contributed by atoms with Crippen LogP contribution in [0, 0.1) is 0 Å². The van der Waals surface area contributed by atoms with Crippen molar-refractivity contribution in [3.05, 3.63) is 0 Å². The number of methoxy groups -OCH3 is 1. The molecule has 0 radical (unpaired) electrons. The first-order chi connectivity index (χ1) is 15.8. The summed E-state index contributed by atoms with van der Waals surface area (Å²) in [5, 5.41) is 0. The minimum Gasteiger partial charge on any atom is -0.454 e. The molecule has 0 aromatic heterocycles. The molecule has 0 spiro atoms. The van der Waals surface area contributed by atoms with Crippen LogP contribution in [0.15, 0.2) is 0 Å². The lowest BCUT2D eigenvalue weighted by Gasteiger charge is -2.42. The van der Waals surface area contributed by atoms with Crippen molar-refractivity contribution in [2.45, 2.75) is 110 Å². The highest BCUT2D eigenvalue weighted by Crippen LogP contribution is 2.31. The maximum Gasteiger partial charge on any atom is 0.342 e. The first kappa shape index (κ1) is 28.8. The highest BCUT2D eigenvalue weighted by Gasteiger charge is 2.54. The monoisotopic (exact) mass is 476 g/mol. The molecule has 5 atom stereocenters. The zero-order valence-corrected chi connectivity index (χ0v) is 20.0. The van der Waals surface area contributed by atoms with E-state index < -0.39 is 54.8 Å². The van der Waals surface area contributed by atoms with Gasteiger partial charge in [0.15, 0.2) is 18.3 Å². The average molecular weight is 477 g/mol. The SMILES string of the molecule is CCCC(=O)OO[C@H]1O[C@@H](OC)[C@H](OC(=O)CCC)[C@@H](OC(=O)CCC)[C@H]1OC(=O)CCC. The van der Waals surface area contributed by atoms with Crippen molar-refractivity contribution >= 4 is 23.9 Å². The Morgan fingerprint density at radius 2 is 1.00 bits per heavy atom. The van der Waals surface area contributed by atoms with Crippen LogP contribution in [0.1, 0.15) is 79.1 Å². The van der Waals surface area contributed by atoms with Crippen LogP contribution in [0.2, 0.25) is 0 Å². The van der Waals surface area contributed by atoms with Gasteiger partial charge in [-0.25, -0.2) is 4.79 Å². The molecule has 33 heavy (non-hydrogen) atoms. The minimum absolute atomic E-state index is 0.0719. The van der Waals surface area contributed by atoms with Gasteiger partial charge in [-0.3, -0.25) is 19.3 Å². The Bertz CT molecular complexity index is 636. The normalized spacial score (nSPS) is 24.6. The topological polar surface area (TPSA) is 133 Å². The fraction of sp³-hybridized carbons (Fsp3) is 0.818. The maximum atomic E-state index is 12.4. The van der Waals surface area contributed by atoms with E-state index in [1.54, 1.807) is 27.7 Å². The first-order valence-corrected chi connectivity index (χ1v) is 11.4. The molecule has 0 bridgehead atoms. The molecule has 1 aliphatic heterocycles. The molecular weight excluding hydrogens is 440 g/mol. The third kappa shape index (κ3) is 9.65. The number of esters is 3. The fourth-order valence-electron chi connectivity index (χ4n) is 3.02. The van der Waals surface area contributed by atoms with Gasteiger partial charge in [-0.2, -0.15) is 0 Å². The number of carbonyl (C=O) groups excluding carboxylic acids is 4. The fourth-order valence-corrected chi connectivity index (χ4v) is 3.02. The van der Waals surface area contributed by atoms with Crippen molar-refractivity contribution in [3.63, 3.8) is 0 Å². The van der Waals surface area contributed by atoms with Gasteiger partial charge in [0, 0.05) is 32.8 Å². The third-order valence-corrected chi connectivity index (χ3v) is 4.54. The van der Waals surface area contributed by atoms with Gasteiger partial charge in [0.2, 0.25) is 12.6 Å². The van der Waals surface area contributed by atoms with E-state index in [1.165, 1.54) is 7.11 Å². The van der Waals surface area contributed by atoms with Gasteiger partial charge >= 0.3 is 23.9 Å². The molecule has 0 N–H and O–H groups in total. The molecule has 1 rings (SSSR count). The van der Waals surface area contributed by atoms with Crippen LogP contribution >= 0.6 is 0 Å². The van der Waals surface area contributed by atoms with Crippen LogP contribution in [-0.2, 0) is 52.6 Å². The van der Waals surface area contributed by atoms with Crippen LogP contribution in [0.5, 0.6) is 0 Å². The van der Waals surface area contributed by atoms with E-state index in [0.29, 0.717) is 25.7 Å². The third-order valence-electron chi connectivity index (χ3n) is 4.54. The van der Waals surface area contributed by atoms with E-state index in [-0.39, 0.29) is 25.7 Å². The predicted octanol–water partition coefficient (Wildman–Crippen LogP) is 2.73. The lowest BCUT2D eigenvalue weighted by molar-refractivity contribution is -0.425. The predicted molar refractivity (Wildman–Crippen MR) is 112 cm³/mol. The zero-order chi connectivity index (χ0) is 24.8. The van der Waals surface area contributed by atoms with Crippen LogP contribution in [-0.4, -0.2) is 61.9 Å². The Kier molecular flexibility index (Phi) is 13.6. The number of hydrogen-bond donors (Lipinski definition) is 0. The molecule has 0 aliphatic carbocycles. The highest BCUT2D eigenvalue weighted by atomic mass is 17.2. The Morgan fingerprint density at radius 1 is 0.606 bits per heavy atom. The highest BCUT2D eigenvalue weighted by molar-refractivity contribution is 5.71. The standard InChI is InChI=1S/C22H36O11/c1-6-10-14(23)28-18-19(29-15(24)11-7-2)21(27-5)31-22(33-32-17(26)13-9-4)20(18)30-16(25)12-8-3/h18-22H,6-13H2,1-5H3/t18-,19-,20-,21-,22-/m1/s1. The summed E-state index contributed by atoms with van der Waals surface area (Å²) in [5.41, 5.74) is 0. The quantitative estimate of drug-likeness (QED) is 0.159. The second-order valence-corrected chi connectivity index (χ2v) is 7.52. The average Bonchev–Trinajstić information content (AvgIpc) is 2.76. The van der Waals surface area contributed by atoms with E-state index in [2.05, 4.69) is 0 Å². The molecule has 190 valence electrons. The second kappa shape index (κ2) is 15.6. The number of carbonyl (C=O) groups is 4. The minimum atomic E-state index is -1.49. The molecule has 0 amide bonds. The Labute approximate surface area is 194 Å². The molecule has 0 aromatic rings. The van der Waals surface area contributed by atoms with Crippen molar-refractivity contribution in [2.24, 2.45) is 0 Å². The van der Waals surface area contributed by atoms with Gasteiger partial charge in [-0.05, 0) is 25.7 Å². The largest absolute Gasteiger partial charge is 0.454 e. The van der Waals surface area contributed by atoms with Crippen molar-refractivity contribution in [1.29, 1.82) is 0 Å². The molecule has 1 aliphatic rings. The summed E-state index contributed by atoms with van der Waals surface area (Å²) in [6, 6.07) is 0. The number of hydrogen-bond acceptors (Lipinski definition) is 11. The summed E-state index contributed by atoms with van der Waals surface area (Å²) < 4.78 is 27.5. The van der Waals surface area contributed by atoms with Crippen LogP contribution in [0.3, 0.4) is 0 Å². The molecule has 11 heteroatoms. The summed E-state index contributed by atoms with van der Waals surface area (Å²) in [5.74, 6) is -2.46. The lowest BCUT2D eigenvalue weighted by atomic mass is 10.0. The second-order valence-electron chi connectivity index (χ2n) is 7.52. The van der Waals surface area contributed by atoms with Gasteiger partial charge in [0.25, 0.3) is 0 Å². The molecule has 1 saturated heterocycles. The summed E-state index contributed by atoms with van der Waals surface area (Å²) in [6.07, 6.45) is -4.29. The van der Waals surface area contributed by atoms with Crippen molar-refractivity contribution in [2.75, 3.05) is 7.11 Å². The Morgan fingerprint density at radius 3 is 1.42 bits per heavy atom. The summed E-state index contributed by atoms with van der Waals surface area (Å²) in [6.45, 7) is 7.16. The zero-order valence-electron chi connectivity index (χ0n) is 20.0. The van der Waals surface area contributed by atoms with Crippen LogP contribution < -0.4 is 0 Å². The molecule has 0 aromatic carbocycles. The summed E-state index contributed by atoms with van der Waals surface area (Å²) >= 11 is 0. The molecular formula is C22H36O11. The molecule has 0 saturated carbocycles. The van der Waals surface area contributed by atoms with E-state index in [1.807, 2.05) is 0 Å². The van der Waals surface area contributed by atoms with Gasteiger partial charge in [0.05, 0.1) is 0 Å². The van der Waals surface area contributed by atoms with E-state index in [0.717, 1.165) is 0 Å². The molecule has 11 nitrogen and oxygen atoms in total. The van der Waals surface area contributed by atoms with Crippen LogP contribution in [0.4, 0.5) is 0 Å². The van der Waals surface area contributed by atoms with Crippen LogP contribution in [0.25, 0.3) is 0 Å². The molecule has 0 unspecified atom stereocenters. The van der Waals surface area contributed by atoms with Gasteiger partial charge < -0.3 is 23.7 Å². The van der Waals surface area contributed by atoms with Crippen molar-refractivity contribution < 1.29 is 52.6 Å². The van der Waals surface area contributed by atoms with Gasteiger partial charge in [-0.1, -0.05) is 27.7 Å². The Hall–Kier alpha value is -2.24. The maximum absolute atomic E-state index is 12.4. The van der Waals surface area contributed by atoms with E-state index in [9.17, 15) is 19.2 Å². The van der Waals surface area contributed by atoms with Gasteiger partial charge in [-0.15, -0.1) is 4.89 Å². The number of rotatable bonds is 14. The van der Waals surface area contributed by atoms with E-state index >= 15 is 0 Å². The summed E-state index contributed by atoms with van der Waals surface area (Å²) in [4.78, 5) is 58.6. The molecule has 1 heterocycles. The lowest BCUT2D eigenvalue weighted by Crippen LogP contribution is -2.62. The Balaban J connectivity index is 3.27. The van der Waals surface area contributed by atoms with E-state index in [4.69, 9.17) is 33.5 Å². The van der Waals surface area contributed by atoms with Gasteiger partial charge in [0.1, 0.15) is 0 Å². The number of ether oxygens (including phenoxy) is 5. The first-order valence-electron chi connectivity index (χ1n) is 11.4. The molecule has 1 fully saturated rings. The van der Waals surface area contributed by atoms with Crippen molar-refractivity contribution in [1.82, 2.24) is 0 Å². The smallest absolute Gasteiger partial charge is 0.342 e.